The number of carbonyl (C=O) groups excluding carboxylic acids is 1. The molecule has 0 unspecified atom stereocenters. The molecule has 9 heteroatoms. The molecule has 114 valence electrons. The lowest BCUT2D eigenvalue weighted by atomic mass is 10.2. The van der Waals surface area contributed by atoms with Crippen molar-refractivity contribution in [3.05, 3.63) is 33.9 Å². The van der Waals surface area contributed by atoms with E-state index < -0.39 is 23.0 Å². The lowest BCUT2D eigenvalue weighted by Gasteiger charge is -2.09. The highest BCUT2D eigenvalue weighted by Gasteiger charge is 2.14. The van der Waals surface area contributed by atoms with Crippen LogP contribution in [-0.2, 0) is 4.79 Å². The van der Waals surface area contributed by atoms with Crippen LogP contribution in [0, 0.1) is 17.0 Å². The number of aliphatic hydroxyl groups is 1. The maximum atomic E-state index is 11.5. The van der Waals surface area contributed by atoms with Crippen LogP contribution < -0.4 is 10.6 Å². The molecule has 0 radical (unpaired) electrons. The fourth-order valence-corrected chi connectivity index (χ4v) is 1.51. The number of rotatable bonds is 6. The Balaban J connectivity index is 2.54. The Hall–Kier alpha value is -2.68. The van der Waals surface area contributed by atoms with E-state index in [0.29, 0.717) is 5.56 Å². The second kappa shape index (κ2) is 7.20. The summed E-state index contributed by atoms with van der Waals surface area (Å²) in [5.74, 6) is -1.37. The van der Waals surface area contributed by atoms with Gasteiger partial charge in [-0.15, -0.1) is 0 Å². The van der Waals surface area contributed by atoms with Gasteiger partial charge in [-0.05, 0) is 13.0 Å². The zero-order valence-electron chi connectivity index (χ0n) is 11.2. The summed E-state index contributed by atoms with van der Waals surface area (Å²) < 4.78 is 0. The molecule has 9 nitrogen and oxygen atoms in total. The van der Waals surface area contributed by atoms with E-state index in [-0.39, 0.29) is 24.3 Å². The molecule has 1 aromatic rings. The number of nitrogens with one attached hydrogen (secondary N) is 2. The van der Waals surface area contributed by atoms with Crippen LogP contribution in [0.15, 0.2) is 18.2 Å². The number of nitro benzene ring substituents is 1. The third kappa shape index (κ3) is 5.07. The van der Waals surface area contributed by atoms with Crippen molar-refractivity contribution >= 4 is 23.4 Å². The lowest BCUT2D eigenvalue weighted by molar-refractivity contribution is -0.385. The van der Waals surface area contributed by atoms with E-state index in [9.17, 15) is 19.7 Å². The third-order valence-electron chi connectivity index (χ3n) is 2.65. The van der Waals surface area contributed by atoms with Gasteiger partial charge in [0.05, 0.1) is 4.92 Å². The molecular formula is C12H15N3O6. The van der Waals surface area contributed by atoms with Crippen LogP contribution >= 0.6 is 0 Å². The molecule has 0 aliphatic heterocycles. The van der Waals surface area contributed by atoms with Gasteiger partial charge in [0.2, 0.25) is 0 Å². The van der Waals surface area contributed by atoms with Crippen molar-refractivity contribution in [2.24, 2.45) is 0 Å². The van der Waals surface area contributed by atoms with Gasteiger partial charge < -0.3 is 20.8 Å². The molecule has 0 spiro atoms. The Morgan fingerprint density at radius 3 is 2.67 bits per heavy atom. The van der Waals surface area contributed by atoms with E-state index in [4.69, 9.17) is 10.2 Å². The molecule has 0 fully saturated rings. The number of aliphatic hydroxyl groups excluding tert-OH is 1. The number of urea groups is 1. The molecule has 0 heterocycles. The molecule has 0 saturated carbocycles. The Kier molecular flexibility index (Phi) is 5.61. The average molecular weight is 297 g/mol. The molecule has 4 N–H and O–H groups in total. The molecule has 0 saturated heterocycles. The van der Waals surface area contributed by atoms with Crippen molar-refractivity contribution in [3.63, 3.8) is 0 Å². The lowest BCUT2D eigenvalue weighted by Crippen LogP contribution is -2.33. The summed E-state index contributed by atoms with van der Waals surface area (Å²) in [5, 5.41) is 32.9. The Labute approximate surface area is 119 Å². The van der Waals surface area contributed by atoms with Gasteiger partial charge >= 0.3 is 12.0 Å². The highest BCUT2D eigenvalue weighted by Crippen LogP contribution is 2.22. The van der Waals surface area contributed by atoms with Crippen LogP contribution in [0.25, 0.3) is 0 Å². The number of benzene rings is 1. The number of anilines is 1. The van der Waals surface area contributed by atoms with Crippen molar-refractivity contribution in [1.29, 1.82) is 0 Å². The smallest absolute Gasteiger partial charge is 0.332 e. The van der Waals surface area contributed by atoms with E-state index in [0.717, 1.165) is 0 Å². The maximum Gasteiger partial charge on any atom is 0.332 e. The number of hydrogen-bond acceptors (Lipinski definition) is 5. The second-order valence-corrected chi connectivity index (χ2v) is 4.28. The van der Waals surface area contributed by atoms with Crippen LogP contribution in [-0.4, -0.2) is 39.8 Å². The van der Waals surface area contributed by atoms with E-state index in [1.54, 1.807) is 6.92 Å². The summed E-state index contributed by atoms with van der Waals surface area (Å²) >= 11 is 0. The monoisotopic (exact) mass is 297 g/mol. The first kappa shape index (κ1) is 16.4. The SMILES string of the molecule is Cc1ccc(NC(=O)NCC[C@H](O)C(=O)O)cc1[N+](=O)[O-]. The number of aryl methyl sites for hydroxylation is 1. The summed E-state index contributed by atoms with van der Waals surface area (Å²) in [4.78, 5) is 32.1. The van der Waals surface area contributed by atoms with Crippen LogP contribution in [0.3, 0.4) is 0 Å². The zero-order valence-corrected chi connectivity index (χ0v) is 11.2. The van der Waals surface area contributed by atoms with Crippen LogP contribution in [0.2, 0.25) is 0 Å². The van der Waals surface area contributed by atoms with E-state index >= 15 is 0 Å². The molecular weight excluding hydrogens is 282 g/mol. The van der Waals surface area contributed by atoms with Crippen molar-refractivity contribution in [2.45, 2.75) is 19.4 Å². The van der Waals surface area contributed by atoms with Crippen molar-refractivity contribution in [3.8, 4) is 0 Å². The fraction of sp³-hybridized carbons (Fsp3) is 0.333. The minimum atomic E-state index is -1.55. The molecule has 0 aliphatic rings. The third-order valence-corrected chi connectivity index (χ3v) is 2.65. The fourth-order valence-electron chi connectivity index (χ4n) is 1.51. The number of aliphatic carboxylic acids is 1. The molecule has 1 aromatic carbocycles. The topological polar surface area (TPSA) is 142 Å². The number of carbonyl (C=O) groups is 2. The molecule has 1 rings (SSSR count). The van der Waals surface area contributed by atoms with Gasteiger partial charge in [-0.1, -0.05) is 6.07 Å². The number of amides is 2. The Morgan fingerprint density at radius 1 is 1.43 bits per heavy atom. The minimum absolute atomic E-state index is 0.0484. The Bertz CT molecular complexity index is 560. The average Bonchev–Trinajstić information content (AvgIpc) is 2.40. The van der Waals surface area contributed by atoms with Crippen LogP contribution in [0.1, 0.15) is 12.0 Å². The molecule has 21 heavy (non-hydrogen) atoms. The predicted octanol–water partition coefficient (Wildman–Crippen LogP) is 0.860. The number of nitrogens with zero attached hydrogens (tertiary/aromatic N) is 1. The van der Waals surface area contributed by atoms with E-state index in [1.807, 2.05) is 0 Å². The summed E-state index contributed by atoms with van der Waals surface area (Å²) in [6.45, 7) is 1.53. The predicted molar refractivity (Wildman–Crippen MR) is 73.1 cm³/mol. The number of carboxylic acid groups (broad SMARTS) is 1. The van der Waals surface area contributed by atoms with Gasteiger partial charge in [0, 0.05) is 30.3 Å². The second-order valence-electron chi connectivity index (χ2n) is 4.28. The van der Waals surface area contributed by atoms with Gasteiger partial charge in [-0.3, -0.25) is 10.1 Å². The van der Waals surface area contributed by atoms with Crippen molar-refractivity contribution < 1.29 is 24.7 Å². The first-order valence-corrected chi connectivity index (χ1v) is 6.02. The highest BCUT2D eigenvalue weighted by atomic mass is 16.6. The summed E-state index contributed by atoms with van der Waals surface area (Å²) in [6, 6.07) is 3.59. The van der Waals surface area contributed by atoms with Crippen molar-refractivity contribution in [2.75, 3.05) is 11.9 Å². The first-order valence-electron chi connectivity index (χ1n) is 6.02. The molecule has 1 atom stereocenters. The van der Waals surface area contributed by atoms with E-state index in [1.165, 1.54) is 18.2 Å². The van der Waals surface area contributed by atoms with Gasteiger partial charge in [-0.2, -0.15) is 0 Å². The van der Waals surface area contributed by atoms with Gasteiger partial charge in [0.1, 0.15) is 0 Å². The van der Waals surface area contributed by atoms with E-state index in [2.05, 4.69) is 10.6 Å². The molecule has 2 amide bonds. The summed E-state index contributed by atoms with van der Waals surface area (Å²) in [5.41, 5.74) is 0.591. The number of nitro groups is 1. The van der Waals surface area contributed by atoms with Gasteiger partial charge in [0.25, 0.3) is 5.69 Å². The minimum Gasteiger partial charge on any atom is -0.479 e. The highest BCUT2D eigenvalue weighted by molar-refractivity contribution is 5.89. The summed E-state index contributed by atoms with van der Waals surface area (Å²) in [7, 11) is 0. The van der Waals surface area contributed by atoms with Crippen LogP contribution in [0.4, 0.5) is 16.2 Å². The van der Waals surface area contributed by atoms with Gasteiger partial charge in [0.15, 0.2) is 6.10 Å². The quantitative estimate of drug-likeness (QED) is 0.453. The Morgan fingerprint density at radius 2 is 2.10 bits per heavy atom. The molecule has 0 bridgehead atoms. The molecule has 0 aromatic heterocycles. The van der Waals surface area contributed by atoms with Gasteiger partial charge in [-0.25, -0.2) is 9.59 Å². The largest absolute Gasteiger partial charge is 0.479 e. The number of carboxylic acids is 1. The number of hydrogen-bond donors (Lipinski definition) is 4. The summed E-state index contributed by atoms with van der Waals surface area (Å²) in [6.07, 6.45) is -1.69. The van der Waals surface area contributed by atoms with Crippen LogP contribution in [0.5, 0.6) is 0 Å². The maximum absolute atomic E-state index is 11.5. The molecule has 0 aliphatic carbocycles. The normalized spacial score (nSPS) is 11.5. The first-order chi connectivity index (χ1) is 9.81. The standard InChI is InChI=1S/C12H15N3O6/c1-7-2-3-8(6-9(7)15(20)21)14-12(19)13-5-4-10(16)11(17)18/h2-3,6,10,16H,4-5H2,1H3,(H,17,18)(H2,13,14,19)/t10-/m0/s1. The zero-order chi connectivity index (χ0) is 16.0. The van der Waals surface area contributed by atoms with Crippen molar-refractivity contribution in [1.82, 2.24) is 5.32 Å².